The number of nitrogens with one attached hydrogen (secondary N) is 2. The van der Waals surface area contributed by atoms with Gasteiger partial charge in [0.2, 0.25) is 0 Å². The summed E-state index contributed by atoms with van der Waals surface area (Å²) in [6, 6.07) is 20.6. The molecule has 33 heavy (non-hydrogen) atoms. The van der Waals surface area contributed by atoms with Gasteiger partial charge in [-0.3, -0.25) is 14.5 Å². The molecule has 0 aliphatic carbocycles. The number of benzene rings is 3. The molecule has 0 radical (unpaired) electrons. The number of hydrogen-bond donors (Lipinski definition) is 2. The molecule has 5 nitrogen and oxygen atoms in total. The predicted octanol–water partition coefficient (Wildman–Crippen LogP) is 3.71. The Hall–Kier alpha value is -2.58. The van der Waals surface area contributed by atoms with Gasteiger partial charge in [-0.05, 0) is 65.2 Å². The smallest absolute Gasteiger partial charge is 0.255 e. The first-order valence-electron chi connectivity index (χ1n) is 11.0. The summed E-state index contributed by atoms with van der Waals surface area (Å²) in [5.41, 5.74) is 3.96. The average molecular weight is 480 g/mol. The highest BCUT2D eigenvalue weighted by molar-refractivity contribution is 7.35. The zero-order chi connectivity index (χ0) is 23.8. The Labute approximate surface area is 200 Å². The number of carbonyl (C=O) groups excluding carboxylic acids is 2. The molecule has 7 heteroatoms. The van der Waals surface area contributed by atoms with E-state index >= 15 is 0 Å². The van der Waals surface area contributed by atoms with Gasteiger partial charge in [0.15, 0.2) is 0 Å². The minimum Gasteiger partial charge on any atom is -0.348 e. The fraction of sp³-hybridized carbons (Fsp3) is 0.231. The summed E-state index contributed by atoms with van der Waals surface area (Å²) in [7, 11) is 5.25. The minimum absolute atomic E-state index is 0.177. The van der Waals surface area contributed by atoms with E-state index in [1.165, 1.54) is 5.56 Å². The fourth-order valence-corrected chi connectivity index (χ4v) is 3.96. The second kappa shape index (κ2) is 12.0. The average Bonchev–Trinajstić information content (AvgIpc) is 2.83. The van der Waals surface area contributed by atoms with Crippen LogP contribution in [0.1, 0.15) is 45.7 Å². The zero-order valence-electron chi connectivity index (χ0n) is 19.1. The minimum atomic E-state index is -0.216. The summed E-state index contributed by atoms with van der Waals surface area (Å²) in [6.07, 6.45) is 0. The maximum Gasteiger partial charge on any atom is 0.255 e. The van der Waals surface area contributed by atoms with Gasteiger partial charge in [-0.15, -0.1) is 18.5 Å². The van der Waals surface area contributed by atoms with Crippen molar-refractivity contribution in [3.8, 4) is 0 Å². The largest absolute Gasteiger partial charge is 0.348 e. The van der Waals surface area contributed by atoms with E-state index in [-0.39, 0.29) is 11.8 Å². The van der Waals surface area contributed by atoms with E-state index in [2.05, 4.69) is 60.0 Å². The Balaban J connectivity index is 1.65. The van der Waals surface area contributed by atoms with E-state index in [1.807, 2.05) is 24.3 Å². The normalized spacial score (nSPS) is 10.8. The van der Waals surface area contributed by atoms with Crippen LogP contribution in [0.25, 0.3) is 0 Å². The third kappa shape index (κ3) is 6.95. The van der Waals surface area contributed by atoms with Gasteiger partial charge in [-0.1, -0.05) is 50.2 Å². The maximum absolute atomic E-state index is 12.8. The lowest BCUT2D eigenvalue weighted by molar-refractivity contribution is 0.0949. The highest BCUT2D eigenvalue weighted by atomic mass is 31.0. The maximum atomic E-state index is 12.8. The molecule has 2 N–H and O–H groups in total. The molecule has 0 fully saturated rings. The molecule has 0 bridgehead atoms. The summed E-state index contributed by atoms with van der Waals surface area (Å²) in [4.78, 5) is 27.8. The lowest BCUT2D eigenvalue weighted by Crippen LogP contribution is -2.26. The van der Waals surface area contributed by atoms with Crippen LogP contribution in [0.4, 0.5) is 5.69 Å². The molecule has 2 unspecified atom stereocenters. The van der Waals surface area contributed by atoms with Crippen molar-refractivity contribution < 1.29 is 9.59 Å². The second-order valence-electron chi connectivity index (χ2n) is 7.79. The van der Waals surface area contributed by atoms with Gasteiger partial charge >= 0.3 is 0 Å². The van der Waals surface area contributed by atoms with Crippen molar-refractivity contribution in [3.05, 3.63) is 89.0 Å². The Morgan fingerprint density at radius 2 is 1.48 bits per heavy atom. The fourth-order valence-electron chi connectivity index (χ4n) is 3.51. The first kappa shape index (κ1) is 25.1. The van der Waals surface area contributed by atoms with Crippen molar-refractivity contribution in [1.82, 2.24) is 10.2 Å². The van der Waals surface area contributed by atoms with Crippen molar-refractivity contribution >= 4 is 46.6 Å². The number of hydrogen-bond acceptors (Lipinski definition) is 3. The van der Waals surface area contributed by atoms with Crippen LogP contribution in [-0.2, 0) is 13.1 Å². The van der Waals surface area contributed by atoms with Crippen LogP contribution in [0.15, 0.2) is 66.7 Å². The first-order chi connectivity index (χ1) is 15.9. The molecule has 3 rings (SSSR count). The summed E-state index contributed by atoms with van der Waals surface area (Å²) in [6.45, 7) is 7.57. The Morgan fingerprint density at radius 3 is 2.18 bits per heavy atom. The molecule has 3 aromatic rings. The monoisotopic (exact) mass is 479 g/mol. The van der Waals surface area contributed by atoms with Crippen LogP contribution in [0.3, 0.4) is 0 Å². The topological polar surface area (TPSA) is 61.4 Å². The van der Waals surface area contributed by atoms with Gasteiger partial charge in [-0.25, -0.2) is 0 Å². The van der Waals surface area contributed by atoms with Crippen LogP contribution in [-0.4, -0.2) is 29.8 Å². The van der Waals surface area contributed by atoms with Gasteiger partial charge in [0.25, 0.3) is 11.8 Å². The summed E-state index contributed by atoms with van der Waals surface area (Å²) in [5, 5.41) is 7.86. The van der Waals surface area contributed by atoms with Crippen molar-refractivity contribution in [1.29, 1.82) is 0 Å². The van der Waals surface area contributed by atoms with Crippen molar-refractivity contribution in [2.24, 2.45) is 0 Å². The molecule has 3 aromatic carbocycles. The third-order valence-corrected chi connectivity index (χ3v) is 6.94. The molecule has 2 atom stereocenters. The molecule has 0 saturated carbocycles. The van der Waals surface area contributed by atoms with E-state index in [4.69, 9.17) is 0 Å². The Kier molecular flexibility index (Phi) is 9.14. The molecule has 172 valence electrons. The van der Waals surface area contributed by atoms with Gasteiger partial charge in [-0.2, -0.15) is 0 Å². The van der Waals surface area contributed by atoms with E-state index in [0.29, 0.717) is 23.4 Å². The number of anilines is 1. The Bertz CT molecular complexity index is 1130. The van der Waals surface area contributed by atoms with Gasteiger partial charge in [0.1, 0.15) is 0 Å². The molecule has 0 aromatic heterocycles. The van der Waals surface area contributed by atoms with Gasteiger partial charge in [0.05, 0.1) is 0 Å². The van der Waals surface area contributed by atoms with Crippen LogP contribution in [0.5, 0.6) is 0 Å². The molecule has 0 aliphatic rings. The SMILES string of the molecule is CCN(CC)Cc1ccccc1CNC(=O)c1cccc(NC(=O)c2ccc(P)c(P)c2)c1. The number of nitrogens with zero attached hydrogens (tertiary/aromatic N) is 1. The van der Waals surface area contributed by atoms with E-state index < -0.39 is 0 Å². The molecule has 0 aliphatic heterocycles. The second-order valence-corrected chi connectivity index (χ2v) is 9.04. The quantitative estimate of drug-likeness (QED) is 0.460. The van der Waals surface area contributed by atoms with Crippen molar-refractivity contribution in [2.45, 2.75) is 26.9 Å². The van der Waals surface area contributed by atoms with Gasteiger partial charge in [0, 0.05) is 29.9 Å². The first-order valence-corrected chi connectivity index (χ1v) is 12.2. The lowest BCUT2D eigenvalue weighted by atomic mass is 10.1. The van der Waals surface area contributed by atoms with Crippen LogP contribution in [0.2, 0.25) is 0 Å². The van der Waals surface area contributed by atoms with Crippen LogP contribution in [0, 0.1) is 0 Å². The van der Waals surface area contributed by atoms with E-state index in [9.17, 15) is 9.59 Å². The molecular weight excluding hydrogens is 448 g/mol. The Morgan fingerprint density at radius 1 is 0.788 bits per heavy atom. The van der Waals surface area contributed by atoms with Gasteiger partial charge < -0.3 is 10.6 Å². The molecule has 0 saturated heterocycles. The molecule has 0 spiro atoms. The number of amides is 2. The highest BCUT2D eigenvalue weighted by Gasteiger charge is 2.12. The van der Waals surface area contributed by atoms with Crippen LogP contribution >= 0.6 is 18.5 Å². The van der Waals surface area contributed by atoms with Crippen molar-refractivity contribution in [3.63, 3.8) is 0 Å². The molecular formula is C26H31N3O2P2. The predicted molar refractivity (Wildman–Crippen MR) is 144 cm³/mol. The van der Waals surface area contributed by atoms with E-state index in [1.54, 1.807) is 30.3 Å². The van der Waals surface area contributed by atoms with Crippen molar-refractivity contribution in [2.75, 3.05) is 18.4 Å². The number of carbonyl (C=O) groups is 2. The highest BCUT2D eigenvalue weighted by Crippen LogP contribution is 2.15. The third-order valence-electron chi connectivity index (χ3n) is 5.58. The van der Waals surface area contributed by atoms with Crippen LogP contribution < -0.4 is 21.2 Å². The number of rotatable bonds is 9. The molecule has 2 amide bonds. The zero-order valence-corrected chi connectivity index (χ0v) is 21.4. The lowest BCUT2D eigenvalue weighted by Gasteiger charge is -2.20. The molecule has 0 heterocycles. The summed E-state index contributed by atoms with van der Waals surface area (Å²) >= 11 is 0. The van der Waals surface area contributed by atoms with E-state index in [0.717, 1.165) is 35.8 Å². The summed E-state index contributed by atoms with van der Waals surface area (Å²) < 4.78 is 0. The standard InChI is InChI=1S/C26H31N3O2P2/c1-3-29(4-2)17-21-9-6-5-8-20(21)16-27-25(30)18-10-7-11-22(14-18)28-26(31)19-12-13-23(32)24(33)15-19/h5-15H,3-4,16-17,32-33H2,1-2H3,(H,27,30)(H,28,31). The summed E-state index contributed by atoms with van der Waals surface area (Å²) in [5.74, 6) is -0.394.